The van der Waals surface area contributed by atoms with Gasteiger partial charge >= 0.3 is 0 Å². The zero-order chi connectivity index (χ0) is 8.32. The SMILES string of the molecule is CCC(F)(F)C1CCOCC1. The summed E-state index contributed by atoms with van der Waals surface area (Å²) < 4.78 is 31.0. The van der Waals surface area contributed by atoms with Crippen LogP contribution in [-0.2, 0) is 4.74 Å². The molecule has 0 atom stereocenters. The van der Waals surface area contributed by atoms with E-state index in [1.54, 1.807) is 0 Å². The number of rotatable bonds is 2. The van der Waals surface area contributed by atoms with Gasteiger partial charge in [-0.2, -0.15) is 0 Å². The zero-order valence-electron chi connectivity index (χ0n) is 6.78. The molecule has 0 unspecified atom stereocenters. The summed E-state index contributed by atoms with van der Waals surface area (Å²) in [6, 6.07) is 0. The molecule has 0 aromatic rings. The van der Waals surface area contributed by atoms with Crippen LogP contribution in [0.1, 0.15) is 26.2 Å². The maximum absolute atomic E-state index is 13.0. The van der Waals surface area contributed by atoms with E-state index in [4.69, 9.17) is 4.74 Å². The lowest BCUT2D eigenvalue weighted by atomic mass is 9.91. The van der Waals surface area contributed by atoms with Gasteiger partial charge in [0.1, 0.15) is 0 Å². The minimum absolute atomic E-state index is 0.0440. The Labute approximate surface area is 65.7 Å². The molecule has 0 amide bonds. The van der Waals surface area contributed by atoms with Crippen LogP contribution in [0.5, 0.6) is 0 Å². The summed E-state index contributed by atoms with van der Waals surface area (Å²) in [7, 11) is 0. The van der Waals surface area contributed by atoms with Crippen molar-refractivity contribution in [3.63, 3.8) is 0 Å². The first-order valence-electron chi connectivity index (χ1n) is 4.12. The van der Waals surface area contributed by atoms with Gasteiger partial charge in [0.05, 0.1) is 0 Å². The Kier molecular flexibility index (Phi) is 2.82. The number of halogens is 2. The van der Waals surface area contributed by atoms with Gasteiger partial charge in [-0.15, -0.1) is 0 Å². The van der Waals surface area contributed by atoms with E-state index in [0.717, 1.165) is 0 Å². The van der Waals surface area contributed by atoms with Gasteiger partial charge in [-0.1, -0.05) is 6.92 Å². The Morgan fingerprint density at radius 1 is 1.36 bits per heavy atom. The Hall–Kier alpha value is -0.180. The molecule has 1 aliphatic heterocycles. The van der Waals surface area contributed by atoms with Crippen LogP contribution in [0.2, 0.25) is 0 Å². The number of ether oxygens (including phenoxy) is 1. The predicted octanol–water partition coefficient (Wildman–Crippen LogP) is 2.46. The van der Waals surface area contributed by atoms with Crippen molar-refractivity contribution in [1.82, 2.24) is 0 Å². The van der Waals surface area contributed by atoms with E-state index in [-0.39, 0.29) is 6.42 Å². The molecule has 66 valence electrons. The van der Waals surface area contributed by atoms with Crippen molar-refractivity contribution < 1.29 is 13.5 Å². The van der Waals surface area contributed by atoms with E-state index in [1.807, 2.05) is 0 Å². The molecule has 0 saturated carbocycles. The molecule has 0 aliphatic carbocycles. The summed E-state index contributed by atoms with van der Waals surface area (Å²) in [5.74, 6) is -2.91. The third-order valence-electron chi connectivity index (χ3n) is 2.29. The fourth-order valence-corrected chi connectivity index (χ4v) is 1.41. The molecule has 3 heteroatoms. The Morgan fingerprint density at radius 2 is 1.91 bits per heavy atom. The lowest BCUT2D eigenvalue weighted by molar-refractivity contribution is -0.0978. The highest BCUT2D eigenvalue weighted by Crippen LogP contribution is 2.34. The molecule has 0 radical (unpaired) electrons. The maximum atomic E-state index is 13.0. The van der Waals surface area contributed by atoms with Gasteiger partial charge in [0.2, 0.25) is 0 Å². The summed E-state index contributed by atoms with van der Waals surface area (Å²) >= 11 is 0. The molecule has 0 N–H and O–H groups in total. The largest absolute Gasteiger partial charge is 0.381 e. The van der Waals surface area contributed by atoms with E-state index in [1.165, 1.54) is 6.92 Å². The second-order valence-corrected chi connectivity index (χ2v) is 3.00. The number of hydrogen-bond donors (Lipinski definition) is 0. The molecule has 1 rings (SSSR count). The topological polar surface area (TPSA) is 9.23 Å². The van der Waals surface area contributed by atoms with E-state index >= 15 is 0 Å². The minimum Gasteiger partial charge on any atom is -0.381 e. The third-order valence-corrected chi connectivity index (χ3v) is 2.29. The first-order chi connectivity index (χ1) is 5.17. The van der Waals surface area contributed by atoms with Crippen LogP contribution in [0.3, 0.4) is 0 Å². The van der Waals surface area contributed by atoms with E-state index in [2.05, 4.69) is 0 Å². The van der Waals surface area contributed by atoms with Crippen LogP contribution < -0.4 is 0 Å². The summed E-state index contributed by atoms with van der Waals surface area (Å²) in [5, 5.41) is 0. The monoisotopic (exact) mass is 164 g/mol. The van der Waals surface area contributed by atoms with Crippen LogP contribution >= 0.6 is 0 Å². The van der Waals surface area contributed by atoms with E-state index < -0.39 is 11.8 Å². The van der Waals surface area contributed by atoms with Crippen molar-refractivity contribution in [1.29, 1.82) is 0 Å². The Bertz CT molecular complexity index is 119. The van der Waals surface area contributed by atoms with Crippen molar-refractivity contribution in [3.05, 3.63) is 0 Å². The summed E-state index contributed by atoms with van der Waals surface area (Å²) in [5.41, 5.74) is 0. The smallest absolute Gasteiger partial charge is 0.250 e. The first kappa shape index (κ1) is 8.91. The van der Waals surface area contributed by atoms with Crippen LogP contribution in [0.25, 0.3) is 0 Å². The fraction of sp³-hybridized carbons (Fsp3) is 1.00. The van der Waals surface area contributed by atoms with Crippen molar-refractivity contribution >= 4 is 0 Å². The zero-order valence-corrected chi connectivity index (χ0v) is 6.78. The normalized spacial score (nSPS) is 22.1. The van der Waals surface area contributed by atoms with Gasteiger partial charge in [-0.3, -0.25) is 0 Å². The standard InChI is InChI=1S/C8H14F2O/c1-2-8(9,10)7-3-5-11-6-4-7/h7H,2-6H2,1H3. The molecule has 1 aliphatic rings. The van der Waals surface area contributed by atoms with Gasteiger partial charge < -0.3 is 4.74 Å². The lowest BCUT2D eigenvalue weighted by Gasteiger charge is -2.29. The highest BCUT2D eigenvalue weighted by atomic mass is 19.3. The van der Waals surface area contributed by atoms with Gasteiger partial charge in [-0.25, -0.2) is 8.78 Å². The van der Waals surface area contributed by atoms with Crippen molar-refractivity contribution in [2.24, 2.45) is 5.92 Å². The van der Waals surface area contributed by atoms with Gasteiger partial charge in [-0.05, 0) is 12.8 Å². The average Bonchev–Trinajstić information content (AvgIpc) is 2.06. The predicted molar refractivity (Wildman–Crippen MR) is 38.8 cm³/mol. The Morgan fingerprint density at radius 3 is 2.36 bits per heavy atom. The van der Waals surface area contributed by atoms with Crippen LogP contribution in [0.4, 0.5) is 8.78 Å². The van der Waals surface area contributed by atoms with Gasteiger partial charge in [0.25, 0.3) is 5.92 Å². The minimum atomic E-state index is -2.47. The van der Waals surface area contributed by atoms with Crippen molar-refractivity contribution in [2.75, 3.05) is 13.2 Å². The van der Waals surface area contributed by atoms with E-state index in [0.29, 0.717) is 26.1 Å². The molecular weight excluding hydrogens is 150 g/mol. The summed E-state index contributed by atoms with van der Waals surface area (Å²) in [6.45, 7) is 2.54. The molecule has 1 nitrogen and oxygen atoms in total. The second-order valence-electron chi connectivity index (χ2n) is 3.00. The molecular formula is C8H14F2O. The molecule has 0 aromatic carbocycles. The third kappa shape index (κ3) is 2.12. The molecule has 1 saturated heterocycles. The van der Waals surface area contributed by atoms with E-state index in [9.17, 15) is 8.78 Å². The van der Waals surface area contributed by atoms with Gasteiger partial charge in [0, 0.05) is 25.6 Å². The highest BCUT2D eigenvalue weighted by molar-refractivity contribution is 4.77. The highest BCUT2D eigenvalue weighted by Gasteiger charge is 2.37. The van der Waals surface area contributed by atoms with Crippen LogP contribution in [0, 0.1) is 5.92 Å². The Balaban J connectivity index is 2.43. The molecule has 11 heavy (non-hydrogen) atoms. The average molecular weight is 164 g/mol. The molecule has 1 heterocycles. The van der Waals surface area contributed by atoms with Gasteiger partial charge in [0.15, 0.2) is 0 Å². The fourth-order valence-electron chi connectivity index (χ4n) is 1.41. The van der Waals surface area contributed by atoms with Crippen molar-refractivity contribution in [3.8, 4) is 0 Å². The van der Waals surface area contributed by atoms with Crippen LogP contribution in [-0.4, -0.2) is 19.1 Å². The molecule has 0 aromatic heterocycles. The molecule has 0 spiro atoms. The number of hydrogen-bond acceptors (Lipinski definition) is 1. The lowest BCUT2D eigenvalue weighted by Crippen LogP contribution is -2.32. The quantitative estimate of drug-likeness (QED) is 0.609. The second kappa shape index (κ2) is 3.48. The molecule has 1 fully saturated rings. The number of alkyl halides is 2. The maximum Gasteiger partial charge on any atom is 0.250 e. The summed E-state index contributed by atoms with van der Waals surface area (Å²) in [6.07, 6.45) is 0.985. The summed E-state index contributed by atoms with van der Waals surface area (Å²) in [4.78, 5) is 0. The van der Waals surface area contributed by atoms with Crippen molar-refractivity contribution in [2.45, 2.75) is 32.1 Å². The van der Waals surface area contributed by atoms with Crippen LogP contribution in [0.15, 0.2) is 0 Å². The molecule has 0 bridgehead atoms. The first-order valence-corrected chi connectivity index (χ1v) is 4.12.